The summed E-state index contributed by atoms with van der Waals surface area (Å²) >= 11 is 0. The lowest BCUT2D eigenvalue weighted by atomic mass is 9.78. The molecule has 3 rings (SSSR count). The number of cyclic esters (lactones) is 1. The summed E-state index contributed by atoms with van der Waals surface area (Å²) in [4.78, 5) is 61.9. The molecule has 2 amide bonds. The summed E-state index contributed by atoms with van der Waals surface area (Å²) in [7, 11) is 5.07. The minimum Gasteiger partial charge on any atom is -0.458 e. The van der Waals surface area contributed by atoms with E-state index < -0.39 is 83.0 Å². The first-order valence-corrected chi connectivity index (χ1v) is 19.2. The van der Waals surface area contributed by atoms with Gasteiger partial charge < -0.3 is 33.9 Å². The monoisotopic (exact) mass is 754 g/mol. The number of esters is 1. The van der Waals surface area contributed by atoms with Gasteiger partial charge in [-0.15, -0.1) is 0 Å². The van der Waals surface area contributed by atoms with Gasteiger partial charge in [-0.1, -0.05) is 25.9 Å². The molecule has 3 aliphatic heterocycles. The predicted molar refractivity (Wildman–Crippen MR) is 192 cm³/mol. The van der Waals surface area contributed by atoms with Crippen LogP contribution in [0.25, 0.3) is 10.4 Å². The Balaban J connectivity index is 2.09. The number of methoxy groups -OCH3 is 1. The molecule has 0 aromatic heterocycles. The van der Waals surface area contributed by atoms with Crippen LogP contribution in [0.1, 0.15) is 87.5 Å². The SMILES string of the molecule is CC[C@H]1OC(=O)[C@H](C)C(=O)[C@@H](C)[C@@H](O[C@@H]2OC(C)CC(N(C)C)C2P=O)[C@](C)(OC)C[C@@H](C)C(=O)N[C@H](C)[C@H]2N(CCCCN=[N+]=[N-])C(=O)O[C@]12C. The third-order valence-electron chi connectivity index (χ3n) is 11.1. The molecule has 0 aromatic rings. The molecule has 3 heterocycles. The zero-order chi connectivity index (χ0) is 39.1. The van der Waals surface area contributed by atoms with E-state index in [4.69, 9.17) is 29.2 Å². The summed E-state index contributed by atoms with van der Waals surface area (Å²) in [5, 5.41) is 6.65. The van der Waals surface area contributed by atoms with Crippen molar-refractivity contribution < 1.29 is 47.4 Å². The number of fused-ring (bicyclic) bond motifs is 1. The topological polar surface area (TPSA) is 199 Å². The second-order valence-corrected chi connectivity index (χ2v) is 16.1. The first kappa shape index (κ1) is 43.5. The molecule has 0 aliphatic carbocycles. The van der Waals surface area contributed by atoms with Crippen molar-refractivity contribution >= 4 is 32.2 Å². The van der Waals surface area contributed by atoms with E-state index in [0.29, 0.717) is 19.3 Å². The lowest BCUT2D eigenvalue weighted by Crippen LogP contribution is -2.61. The number of unbranched alkanes of at least 4 members (excludes halogenated alkanes) is 1. The molecular weight excluding hydrogens is 695 g/mol. The van der Waals surface area contributed by atoms with Crippen molar-refractivity contribution in [2.24, 2.45) is 22.9 Å². The van der Waals surface area contributed by atoms with E-state index in [9.17, 15) is 23.7 Å². The van der Waals surface area contributed by atoms with Gasteiger partial charge in [0.2, 0.25) is 5.91 Å². The Kier molecular flexibility index (Phi) is 15.4. The molecule has 1 N–H and O–H groups in total. The summed E-state index contributed by atoms with van der Waals surface area (Å²) in [5.74, 6) is -4.51. The lowest BCUT2D eigenvalue weighted by molar-refractivity contribution is -0.260. The van der Waals surface area contributed by atoms with Gasteiger partial charge in [-0.25, -0.2) is 4.79 Å². The van der Waals surface area contributed by atoms with Crippen molar-refractivity contribution in [2.45, 2.75) is 147 Å². The van der Waals surface area contributed by atoms with Gasteiger partial charge in [-0.05, 0) is 86.3 Å². The fourth-order valence-corrected chi connectivity index (χ4v) is 8.94. The second-order valence-electron chi connectivity index (χ2n) is 15.3. The maximum absolute atomic E-state index is 14.3. The molecule has 294 valence electrons. The Morgan fingerprint density at radius 3 is 2.37 bits per heavy atom. The number of amides is 2. The summed E-state index contributed by atoms with van der Waals surface area (Å²) in [6, 6.07) is -1.58. The fraction of sp³-hybridized carbons (Fsp3) is 0.886. The van der Waals surface area contributed by atoms with Crippen LogP contribution in [0.4, 0.5) is 4.79 Å². The number of nitrogens with zero attached hydrogens (tertiary/aromatic N) is 5. The molecule has 0 saturated carbocycles. The number of hydrogen-bond acceptors (Lipinski definition) is 12. The van der Waals surface area contributed by atoms with Crippen LogP contribution >= 0.6 is 8.46 Å². The predicted octanol–water partition coefficient (Wildman–Crippen LogP) is 4.88. The van der Waals surface area contributed by atoms with Crippen molar-refractivity contribution in [2.75, 3.05) is 34.3 Å². The number of nitrogens with one attached hydrogen (secondary N) is 1. The van der Waals surface area contributed by atoms with E-state index in [-0.39, 0.29) is 52.4 Å². The fourth-order valence-electron chi connectivity index (χ4n) is 8.17. The number of carbonyl (C=O) groups excluding carboxylic acids is 4. The Morgan fingerprint density at radius 1 is 1.12 bits per heavy atom. The van der Waals surface area contributed by atoms with Crippen LogP contribution in [0, 0.1) is 17.8 Å². The molecule has 13 atom stereocenters. The lowest BCUT2D eigenvalue weighted by Gasteiger charge is -2.46. The Hall–Kier alpha value is -2.87. The quantitative estimate of drug-likeness (QED) is 0.0574. The van der Waals surface area contributed by atoms with Crippen molar-refractivity contribution in [3.63, 3.8) is 0 Å². The minimum atomic E-state index is -1.39. The Morgan fingerprint density at radius 2 is 1.79 bits per heavy atom. The molecule has 17 heteroatoms. The van der Waals surface area contributed by atoms with Crippen LogP contribution in [0.5, 0.6) is 0 Å². The smallest absolute Gasteiger partial charge is 0.410 e. The van der Waals surface area contributed by atoms with E-state index in [1.165, 1.54) is 18.9 Å². The number of ether oxygens (including phenoxy) is 5. The number of Topliss-reactive ketones (excluding diaryl/α,β-unsaturated/α-hetero) is 1. The van der Waals surface area contributed by atoms with Crippen LogP contribution < -0.4 is 5.32 Å². The number of hydrogen-bond donors (Lipinski definition) is 1. The molecule has 16 nitrogen and oxygen atoms in total. The van der Waals surface area contributed by atoms with Gasteiger partial charge in [0.05, 0.1) is 29.9 Å². The van der Waals surface area contributed by atoms with Crippen molar-refractivity contribution in [3.05, 3.63) is 10.4 Å². The molecular formula is C35H59N6O10P. The highest BCUT2D eigenvalue weighted by molar-refractivity contribution is 7.25. The van der Waals surface area contributed by atoms with Gasteiger partial charge in [0.15, 0.2) is 26.1 Å². The number of carbonyl (C=O) groups is 4. The first-order chi connectivity index (χ1) is 24.4. The highest BCUT2D eigenvalue weighted by Gasteiger charge is 2.59. The van der Waals surface area contributed by atoms with Gasteiger partial charge in [0.25, 0.3) is 0 Å². The highest BCUT2D eigenvalue weighted by Crippen LogP contribution is 2.41. The number of ketones is 1. The zero-order valence-electron chi connectivity index (χ0n) is 32.6. The van der Waals surface area contributed by atoms with E-state index in [1.807, 2.05) is 25.9 Å². The molecule has 52 heavy (non-hydrogen) atoms. The van der Waals surface area contributed by atoms with Crippen LogP contribution in [-0.4, -0.2) is 127 Å². The van der Waals surface area contributed by atoms with Gasteiger partial charge in [-0.3, -0.25) is 23.8 Å². The number of azide groups is 1. The molecule has 3 saturated heterocycles. The summed E-state index contributed by atoms with van der Waals surface area (Å²) in [6.45, 7) is 14.3. The third kappa shape index (κ3) is 9.43. The average molecular weight is 755 g/mol. The van der Waals surface area contributed by atoms with E-state index in [0.717, 1.165) is 0 Å². The maximum Gasteiger partial charge on any atom is 0.410 e. The second kappa shape index (κ2) is 18.4. The minimum absolute atomic E-state index is 0.0976. The van der Waals surface area contributed by atoms with Crippen molar-refractivity contribution in [3.8, 4) is 0 Å². The molecule has 3 aliphatic rings. The van der Waals surface area contributed by atoms with Crippen molar-refractivity contribution in [1.29, 1.82) is 0 Å². The third-order valence-corrected chi connectivity index (χ3v) is 12.0. The van der Waals surface area contributed by atoms with Gasteiger partial charge in [-0.2, -0.15) is 0 Å². The molecule has 0 bridgehead atoms. The van der Waals surface area contributed by atoms with Gasteiger partial charge in [0, 0.05) is 43.0 Å². The van der Waals surface area contributed by atoms with Crippen molar-refractivity contribution in [1.82, 2.24) is 15.1 Å². The van der Waals surface area contributed by atoms with E-state index in [2.05, 4.69) is 15.3 Å². The largest absolute Gasteiger partial charge is 0.458 e. The Labute approximate surface area is 309 Å². The van der Waals surface area contributed by atoms with Crippen LogP contribution in [0.3, 0.4) is 0 Å². The summed E-state index contributed by atoms with van der Waals surface area (Å²) < 4.78 is 43.7. The Bertz CT molecular complexity index is 1350. The van der Waals surface area contributed by atoms with Crippen LogP contribution in [0.15, 0.2) is 5.11 Å². The normalized spacial score (nSPS) is 39.5. The van der Waals surface area contributed by atoms with Gasteiger partial charge >= 0.3 is 12.1 Å². The molecule has 0 radical (unpaired) electrons. The van der Waals surface area contributed by atoms with Crippen LogP contribution in [0.2, 0.25) is 0 Å². The standard InChI is InChI=1S/C35H59N6O10P/c1-12-25-35(8)28(41(33(45)51-35)16-14-13-15-37-39-36)23(6)38-30(43)19(2)18-34(7,47-11)29(21(4)26(42)22(5)31(44)49-25)50-32-27(52-46)24(40(9)10)17-20(3)48-32/h19-25,27-29,32H,12-18H2,1-11H3,(H,38,43)/t19-,20?,21-,22-,23-,24?,25-,27?,28-,29-,32+,34-,35-/m1/s1. The average Bonchev–Trinajstić information content (AvgIpc) is 3.36. The van der Waals surface area contributed by atoms with E-state index in [1.54, 1.807) is 41.5 Å². The number of rotatable bonds is 11. The summed E-state index contributed by atoms with van der Waals surface area (Å²) in [6.07, 6.45) is -1.89. The molecule has 0 aromatic carbocycles. The maximum atomic E-state index is 14.3. The highest BCUT2D eigenvalue weighted by atomic mass is 31.1. The molecule has 0 spiro atoms. The first-order valence-electron chi connectivity index (χ1n) is 18.3. The van der Waals surface area contributed by atoms with Gasteiger partial charge in [0.1, 0.15) is 17.7 Å². The molecule has 3 unspecified atom stereocenters. The van der Waals surface area contributed by atoms with Crippen LogP contribution in [-0.2, 0) is 42.6 Å². The van der Waals surface area contributed by atoms with E-state index >= 15 is 0 Å². The summed E-state index contributed by atoms with van der Waals surface area (Å²) in [5.41, 5.74) is 5.39. The molecule has 3 fully saturated rings. The zero-order valence-corrected chi connectivity index (χ0v) is 33.5.